The molecule has 6 rings (SSSR count). The third-order valence-corrected chi connectivity index (χ3v) is 6.54. The molecule has 0 spiro atoms. The summed E-state index contributed by atoms with van der Waals surface area (Å²) >= 11 is 0. The average Bonchev–Trinajstić information content (AvgIpc) is 3.61. The SMILES string of the molecule is Cc1ccc(Cc2nc(N3CCN(C(=O)c4ccco4)CC3)c3cnn(-c4ccccc4)c3n2)cc1. The van der Waals surface area contributed by atoms with Crippen LogP contribution in [0.25, 0.3) is 16.7 Å². The lowest BCUT2D eigenvalue weighted by Crippen LogP contribution is -2.49. The first-order valence-corrected chi connectivity index (χ1v) is 12.1. The van der Waals surface area contributed by atoms with E-state index in [9.17, 15) is 4.79 Å². The van der Waals surface area contributed by atoms with Crippen LogP contribution >= 0.6 is 0 Å². The Labute approximate surface area is 208 Å². The molecule has 36 heavy (non-hydrogen) atoms. The Morgan fingerprint density at radius 1 is 0.917 bits per heavy atom. The molecule has 4 heterocycles. The fourth-order valence-corrected chi connectivity index (χ4v) is 4.58. The Kier molecular flexibility index (Phi) is 5.69. The van der Waals surface area contributed by atoms with Crippen molar-refractivity contribution in [3.05, 3.63) is 102 Å². The maximum Gasteiger partial charge on any atom is 0.289 e. The zero-order chi connectivity index (χ0) is 24.5. The van der Waals surface area contributed by atoms with Gasteiger partial charge in [0.25, 0.3) is 5.91 Å². The van der Waals surface area contributed by atoms with E-state index in [4.69, 9.17) is 14.4 Å². The number of hydrogen-bond acceptors (Lipinski definition) is 6. The number of carbonyl (C=O) groups is 1. The second kappa shape index (κ2) is 9.30. The summed E-state index contributed by atoms with van der Waals surface area (Å²) in [6.07, 6.45) is 3.99. The zero-order valence-corrected chi connectivity index (χ0v) is 20.0. The van der Waals surface area contributed by atoms with E-state index in [1.54, 1.807) is 12.1 Å². The number of anilines is 1. The van der Waals surface area contributed by atoms with Gasteiger partial charge in [-0.05, 0) is 36.8 Å². The largest absolute Gasteiger partial charge is 0.459 e. The lowest BCUT2D eigenvalue weighted by Gasteiger charge is -2.35. The summed E-state index contributed by atoms with van der Waals surface area (Å²) in [6.45, 7) is 4.59. The number of benzene rings is 2. The number of aryl methyl sites for hydroxylation is 1. The Morgan fingerprint density at radius 3 is 2.42 bits per heavy atom. The summed E-state index contributed by atoms with van der Waals surface area (Å²) < 4.78 is 7.18. The van der Waals surface area contributed by atoms with Crippen molar-refractivity contribution in [1.82, 2.24) is 24.6 Å². The van der Waals surface area contributed by atoms with Gasteiger partial charge in [-0.15, -0.1) is 0 Å². The minimum absolute atomic E-state index is 0.0792. The first-order chi connectivity index (χ1) is 17.7. The standard InChI is InChI=1S/C28H26N6O2/c1-20-9-11-21(12-10-20)18-25-30-26(23-19-29-34(27(23)31-25)22-6-3-2-4-7-22)32-13-15-33(16-14-32)28(35)24-8-5-17-36-24/h2-12,17,19H,13-16,18H2,1H3. The van der Waals surface area contributed by atoms with Crippen LogP contribution in [0.15, 0.2) is 83.6 Å². The van der Waals surface area contributed by atoms with E-state index >= 15 is 0 Å². The number of nitrogens with zero attached hydrogens (tertiary/aromatic N) is 6. The van der Waals surface area contributed by atoms with Crippen LogP contribution in [0.3, 0.4) is 0 Å². The van der Waals surface area contributed by atoms with Gasteiger partial charge >= 0.3 is 0 Å². The molecule has 0 N–H and O–H groups in total. The first-order valence-electron chi connectivity index (χ1n) is 12.1. The van der Waals surface area contributed by atoms with Crippen molar-refractivity contribution in [3.63, 3.8) is 0 Å². The summed E-state index contributed by atoms with van der Waals surface area (Å²) in [6, 6.07) is 21.9. The summed E-state index contributed by atoms with van der Waals surface area (Å²) in [5.74, 6) is 1.89. The topological polar surface area (TPSA) is 80.3 Å². The molecule has 2 aromatic carbocycles. The lowest BCUT2D eigenvalue weighted by atomic mass is 10.1. The van der Waals surface area contributed by atoms with E-state index in [0.29, 0.717) is 38.4 Å². The number of amides is 1. The molecule has 3 aromatic heterocycles. The molecule has 8 nitrogen and oxygen atoms in total. The molecule has 180 valence electrons. The molecule has 0 aliphatic carbocycles. The van der Waals surface area contributed by atoms with Gasteiger partial charge in [0.15, 0.2) is 11.4 Å². The van der Waals surface area contributed by atoms with Crippen LogP contribution in [-0.4, -0.2) is 56.7 Å². The second-order valence-electron chi connectivity index (χ2n) is 9.01. The number of para-hydroxylation sites is 1. The van der Waals surface area contributed by atoms with Crippen molar-refractivity contribution in [2.45, 2.75) is 13.3 Å². The monoisotopic (exact) mass is 478 g/mol. The van der Waals surface area contributed by atoms with Crippen LogP contribution in [0.5, 0.6) is 0 Å². The number of furan rings is 1. The maximum atomic E-state index is 12.7. The van der Waals surface area contributed by atoms with E-state index in [1.807, 2.05) is 46.1 Å². The third kappa shape index (κ3) is 4.22. The highest BCUT2D eigenvalue weighted by molar-refractivity contribution is 5.92. The van der Waals surface area contributed by atoms with Crippen LogP contribution in [0.4, 0.5) is 5.82 Å². The van der Waals surface area contributed by atoms with E-state index in [2.05, 4.69) is 41.2 Å². The van der Waals surface area contributed by atoms with Crippen LogP contribution in [0.1, 0.15) is 27.5 Å². The molecule has 1 amide bonds. The summed E-state index contributed by atoms with van der Waals surface area (Å²) in [7, 11) is 0. The molecule has 8 heteroatoms. The fourth-order valence-electron chi connectivity index (χ4n) is 4.58. The molecule has 5 aromatic rings. The van der Waals surface area contributed by atoms with Crippen molar-refractivity contribution in [3.8, 4) is 5.69 Å². The van der Waals surface area contributed by atoms with Crippen molar-refractivity contribution < 1.29 is 9.21 Å². The van der Waals surface area contributed by atoms with E-state index in [0.717, 1.165) is 33.9 Å². The number of aromatic nitrogens is 4. The van der Waals surface area contributed by atoms with Gasteiger partial charge in [0.1, 0.15) is 11.6 Å². The molecule has 0 saturated carbocycles. The normalized spacial score (nSPS) is 13.9. The molecule has 1 aliphatic rings. The Morgan fingerprint density at radius 2 is 1.69 bits per heavy atom. The molecule has 1 aliphatic heterocycles. The Hall–Kier alpha value is -4.46. The fraction of sp³-hybridized carbons (Fsp3) is 0.214. The highest BCUT2D eigenvalue weighted by atomic mass is 16.3. The number of hydrogen-bond donors (Lipinski definition) is 0. The quantitative estimate of drug-likeness (QED) is 0.375. The van der Waals surface area contributed by atoms with Gasteiger partial charge in [0, 0.05) is 32.6 Å². The zero-order valence-electron chi connectivity index (χ0n) is 20.0. The first kappa shape index (κ1) is 22.0. The van der Waals surface area contributed by atoms with Gasteiger partial charge in [0.2, 0.25) is 0 Å². The van der Waals surface area contributed by atoms with Gasteiger partial charge in [-0.25, -0.2) is 14.6 Å². The van der Waals surface area contributed by atoms with Crippen LogP contribution < -0.4 is 4.90 Å². The maximum absolute atomic E-state index is 12.7. The van der Waals surface area contributed by atoms with E-state index in [1.165, 1.54) is 11.8 Å². The molecule has 0 radical (unpaired) electrons. The summed E-state index contributed by atoms with van der Waals surface area (Å²) in [5, 5.41) is 5.57. The molecular formula is C28H26N6O2. The molecule has 1 saturated heterocycles. The second-order valence-corrected chi connectivity index (χ2v) is 9.01. The Balaban J connectivity index is 1.35. The van der Waals surface area contributed by atoms with Crippen molar-refractivity contribution in [1.29, 1.82) is 0 Å². The molecule has 1 fully saturated rings. The number of fused-ring (bicyclic) bond motifs is 1. The van der Waals surface area contributed by atoms with E-state index < -0.39 is 0 Å². The number of carbonyl (C=O) groups excluding carboxylic acids is 1. The predicted octanol–water partition coefficient (Wildman–Crippen LogP) is 4.27. The van der Waals surface area contributed by atoms with Crippen LogP contribution in [0.2, 0.25) is 0 Å². The minimum atomic E-state index is -0.0792. The molecule has 0 atom stereocenters. The third-order valence-electron chi connectivity index (χ3n) is 6.54. The van der Waals surface area contributed by atoms with Gasteiger partial charge in [0.05, 0.1) is 23.5 Å². The highest BCUT2D eigenvalue weighted by Gasteiger charge is 2.26. The lowest BCUT2D eigenvalue weighted by molar-refractivity contribution is 0.0714. The highest BCUT2D eigenvalue weighted by Crippen LogP contribution is 2.27. The van der Waals surface area contributed by atoms with Gasteiger partial charge in [-0.2, -0.15) is 5.10 Å². The molecule has 0 bridgehead atoms. The van der Waals surface area contributed by atoms with Crippen LogP contribution in [0, 0.1) is 6.92 Å². The van der Waals surface area contributed by atoms with Crippen molar-refractivity contribution in [2.75, 3.05) is 31.1 Å². The van der Waals surface area contributed by atoms with Gasteiger partial charge in [-0.1, -0.05) is 48.0 Å². The average molecular weight is 479 g/mol. The number of rotatable bonds is 5. The van der Waals surface area contributed by atoms with Crippen LogP contribution in [-0.2, 0) is 6.42 Å². The molecule has 0 unspecified atom stereocenters. The van der Waals surface area contributed by atoms with Gasteiger partial charge in [-0.3, -0.25) is 4.79 Å². The smallest absolute Gasteiger partial charge is 0.289 e. The summed E-state index contributed by atoms with van der Waals surface area (Å²) in [4.78, 5) is 26.7. The van der Waals surface area contributed by atoms with E-state index in [-0.39, 0.29) is 5.91 Å². The number of piperazine rings is 1. The minimum Gasteiger partial charge on any atom is -0.459 e. The summed E-state index contributed by atoms with van der Waals surface area (Å²) in [5.41, 5.74) is 4.11. The predicted molar refractivity (Wildman–Crippen MR) is 137 cm³/mol. The Bertz CT molecular complexity index is 1480. The van der Waals surface area contributed by atoms with Gasteiger partial charge < -0.3 is 14.2 Å². The molecular weight excluding hydrogens is 452 g/mol. The van der Waals surface area contributed by atoms with Crippen molar-refractivity contribution >= 4 is 22.8 Å². The van der Waals surface area contributed by atoms with Crippen molar-refractivity contribution in [2.24, 2.45) is 0 Å².